The van der Waals surface area contributed by atoms with E-state index in [0.717, 1.165) is 30.4 Å². The van der Waals surface area contributed by atoms with E-state index in [1.165, 1.54) is 11.8 Å². The van der Waals surface area contributed by atoms with Crippen LogP contribution in [0.3, 0.4) is 0 Å². The van der Waals surface area contributed by atoms with Crippen LogP contribution in [0.2, 0.25) is 0 Å². The van der Waals surface area contributed by atoms with Gasteiger partial charge in [0.05, 0.1) is 0 Å². The van der Waals surface area contributed by atoms with E-state index in [1.54, 1.807) is 38.1 Å². The molecule has 2 aromatic carbocycles. The Hall–Kier alpha value is -0.544. The average Bonchev–Trinajstić information content (AvgIpc) is 2.69. The topological polar surface area (TPSA) is 83.5 Å². The fourth-order valence-electron chi connectivity index (χ4n) is 2.64. The maximum atomic E-state index is 12.7. The maximum absolute atomic E-state index is 12.7. The van der Waals surface area contributed by atoms with Crippen LogP contribution in [0.5, 0.6) is 0 Å². The molecule has 160 valence electrons. The third kappa shape index (κ3) is 9.30. The fraction of sp³-hybridized carbons (Fsp3) is 0.435. The van der Waals surface area contributed by atoms with Crippen LogP contribution in [0.25, 0.3) is 0 Å². The predicted molar refractivity (Wildman–Crippen MR) is 117 cm³/mol. The number of sulfonamides is 1. The molecule has 0 aliphatic carbocycles. The molecule has 30 heavy (non-hydrogen) atoms. The molecular weight excluding hydrogens is 425 g/mol. The summed E-state index contributed by atoms with van der Waals surface area (Å²) >= 11 is 0. The molecule has 0 radical (unpaired) electrons. The predicted octanol–water partition coefficient (Wildman–Crippen LogP) is 1.23. The molecule has 2 aromatic rings. The second-order valence-corrected chi connectivity index (χ2v) is 8.84. The zero-order valence-corrected chi connectivity index (χ0v) is 22.8. The molecular formula is C23H31KNO4S-. The maximum Gasteiger partial charge on any atom is 1.00 e. The Morgan fingerprint density at radius 2 is 1.83 bits per heavy atom. The monoisotopic (exact) mass is 456 g/mol. The number of nitrogens with one attached hydrogen (secondary N) is 1. The van der Waals surface area contributed by atoms with Crippen molar-refractivity contribution in [2.24, 2.45) is 5.92 Å². The van der Waals surface area contributed by atoms with Gasteiger partial charge in [-0.25, -0.2) is 14.7 Å². The standard InChI is InChI=1S/C18H22NO2S.C5H9O2.K/c1-4-8-16-9-6-7-10-18(16)22(20,21)19-17-12-11-14(3)15(5-2)13-17;1-4(2)5(7)3-6;/h7,9-13,19H,4-5,8H2,1-3H3;4-5,7H,1-2H3;/q2*-1;+1. The minimum atomic E-state index is -3.57. The molecule has 7 heteroatoms. The molecule has 0 heterocycles. The minimum absolute atomic E-state index is 0. The Kier molecular flexibility index (Phi) is 14.2. The third-order valence-electron chi connectivity index (χ3n) is 4.45. The van der Waals surface area contributed by atoms with E-state index >= 15 is 0 Å². The zero-order valence-electron chi connectivity index (χ0n) is 18.8. The fourth-order valence-corrected chi connectivity index (χ4v) is 3.94. The molecule has 0 amide bonds. The Labute approximate surface area is 224 Å². The van der Waals surface area contributed by atoms with Crippen molar-refractivity contribution < 1.29 is 69.7 Å². The van der Waals surface area contributed by atoms with Gasteiger partial charge in [-0.05, 0) is 53.5 Å². The molecule has 1 unspecified atom stereocenters. The summed E-state index contributed by atoms with van der Waals surface area (Å²) in [6, 6.07) is 13.6. The first-order valence-electron chi connectivity index (χ1n) is 9.83. The van der Waals surface area contributed by atoms with Gasteiger partial charge in [0.1, 0.15) is 0 Å². The van der Waals surface area contributed by atoms with Crippen molar-refractivity contribution in [1.29, 1.82) is 0 Å². The summed E-state index contributed by atoms with van der Waals surface area (Å²) in [5.74, 6) is -0.00231. The Morgan fingerprint density at radius 3 is 2.33 bits per heavy atom. The van der Waals surface area contributed by atoms with Crippen LogP contribution in [0.1, 0.15) is 50.8 Å². The number of hydrogen-bond donors (Lipinski definition) is 2. The number of benzene rings is 2. The van der Waals surface area contributed by atoms with E-state index < -0.39 is 16.1 Å². The molecule has 0 bridgehead atoms. The van der Waals surface area contributed by atoms with E-state index in [0.29, 0.717) is 10.6 Å². The molecule has 5 nitrogen and oxygen atoms in total. The molecule has 0 saturated heterocycles. The van der Waals surface area contributed by atoms with Gasteiger partial charge < -0.3 is 9.90 Å². The van der Waals surface area contributed by atoms with Gasteiger partial charge in [0, 0.05) is 5.69 Å². The van der Waals surface area contributed by atoms with Crippen LogP contribution in [0, 0.1) is 18.9 Å². The van der Waals surface area contributed by atoms with Crippen LogP contribution in [0.4, 0.5) is 5.69 Å². The number of aliphatic hydroxyl groups excluding tert-OH is 1. The smallest absolute Gasteiger partial charge is 0.539 e. The number of anilines is 1. The molecule has 2 N–H and O–H groups in total. The number of rotatable bonds is 8. The van der Waals surface area contributed by atoms with Crippen molar-refractivity contribution in [1.82, 2.24) is 0 Å². The van der Waals surface area contributed by atoms with Crippen molar-refractivity contribution >= 4 is 22.0 Å². The van der Waals surface area contributed by atoms with E-state index in [2.05, 4.69) is 17.7 Å². The van der Waals surface area contributed by atoms with Crippen LogP contribution in [-0.4, -0.2) is 25.9 Å². The first-order chi connectivity index (χ1) is 13.7. The van der Waals surface area contributed by atoms with Crippen molar-refractivity contribution in [3.05, 3.63) is 59.2 Å². The molecule has 0 spiro atoms. The van der Waals surface area contributed by atoms with Crippen molar-refractivity contribution in [2.45, 2.75) is 64.9 Å². The van der Waals surface area contributed by atoms with Gasteiger partial charge in [-0.15, -0.1) is 5.56 Å². The van der Waals surface area contributed by atoms with E-state index in [-0.39, 0.29) is 57.3 Å². The first-order valence-corrected chi connectivity index (χ1v) is 11.3. The Bertz CT molecular complexity index is 898. The Balaban J connectivity index is 0.000000909. The summed E-state index contributed by atoms with van der Waals surface area (Å²) in [7, 11) is -3.57. The first kappa shape index (κ1) is 29.5. The number of aryl methyl sites for hydroxylation is 3. The SMILES string of the molecule is CC(C)C(O)[C-]=O.CCCc1c[c-]ccc1S(=O)(=O)Nc1ccc(C)c(CC)c1.[K+]. The summed E-state index contributed by atoms with van der Waals surface area (Å²) in [6.07, 6.45) is 3.06. The average molecular weight is 457 g/mol. The molecule has 0 fully saturated rings. The van der Waals surface area contributed by atoms with Gasteiger partial charge >= 0.3 is 51.4 Å². The van der Waals surface area contributed by atoms with Crippen LogP contribution < -0.4 is 56.1 Å². The molecule has 0 aliphatic rings. The molecule has 2 rings (SSSR count). The summed E-state index contributed by atoms with van der Waals surface area (Å²) in [5.41, 5.74) is 3.74. The van der Waals surface area contributed by atoms with Crippen LogP contribution in [-0.2, 0) is 27.7 Å². The molecule has 0 aromatic heterocycles. The third-order valence-corrected chi connectivity index (χ3v) is 5.93. The quantitative estimate of drug-likeness (QED) is 0.462. The van der Waals surface area contributed by atoms with E-state index in [9.17, 15) is 13.2 Å². The number of carbonyl (C=O) groups excluding carboxylic acids is 1. The Morgan fingerprint density at radius 1 is 1.17 bits per heavy atom. The van der Waals surface area contributed by atoms with Gasteiger partial charge in [0.25, 0.3) is 0 Å². The zero-order chi connectivity index (χ0) is 22.0. The molecule has 0 aliphatic heterocycles. The van der Waals surface area contributed by atoms with Gasteiger partial charge in [-0.1, -0.05) is 46.6 Å². The second kappa shape index (κ2) is 14.5. The van der Waals surface area contributed by atoms with Crippen molar-refractivity contribution in [2.75, 3.05) is 4.72 Å². The van der Waals surface area contributed by atoms with Gasteiger partial charge in [0.15, 0.2) is 0 Å². The summed E-state index contributed by atoms with van der Waals surface area (Å²) < 4.78 is 28.0. The van der Waals surface area contributed by atoms with Crippen molar-refractivity contribution in [3.63, 3.8) is 0 Å². The summed E-state index contributed by atoms with van der Waals surface area (Å²) in [5, 5.41) is 8.51. The van der Waals surface area contributed by atoms with Gasteiger partial charge in [0.2, 0.25) is 10.0 Å². The van der Waals surface area contributed by atoms with Crippen LogP contribution >= 0.6 is 0 Å². The van der Waals surface area contributed by atoms with E-state index in [4.69, 9.17) is 5.11 Å². The molecule has 0 saturated carbocycles. The second-order valence-electron chi connectivity index (χ2n) is 7.19. The summed E-state index contributed by atoms with van der Waals surface area (Å²) in [6.45, 7) is 9.64. The van der Waals surface area contributed by atoms with Crippen molar-refractivity contribution in [3.8, 4) is 0 Å². The molecule has 1 atom stereocenters. The summed E-state index contributed by atoms with van der Waals surface area (Å²) in [4.78, 5) is 9.91. The largest absolute Gasteiger partial charge is 1.00 e. The van der Waals surface area contributed by atoms with E-state index in [1.807, 2.05) is 26.0 Å². The number of hydrogen-bond acceptors (Lipinski definition) is 4. The van der Waals surface area contributed by atoms with Crippen LogP contribution in [0.15, 0.2) is 41.3 Å². The normalized spacial score (nSPS) is 11.7. The van der Waals surface area contributed by atoms with Gasteiger partial charge in [-0.2, -0.15) is 24.3 Å². The minimum Gasteiger partial charge on any atom is -0.539 e. The number of aliphatic hydroxyl groups is 1. The van der Waals surface area contributed by atoms with Gasteiger partial charge in [-0.3, -0.25) is 4.72 Å².